The van der Waals surface area contributed by atoms with E-state index < -0.39 is 0 Å². The van der Waals surface area contributed by atoms with Crippen LogP contribution in [0.5, 0.6) is 0 Å². The van der Waals surface area contributed by atoms with Gasteiger partial charge in [-0.05, 0) is 56.2 Å². The van der Waals surface area contributed by atoms with E-state index in [0.717, 1.165) is 33.6 Å². The molecule has 0 aliphatic carbocycles. The lowest BCUT2D eigenvalue weighted by Gasteiger charge is -2.12. The van der Waals surface area contributed by atoms with Gasteiger partial charge in [-0.1, -0.05) is 30.3 Å². The number of rotatable bonds is 5. The van der Waals surface area contributed by atoms with Crippen LogP contribution in [0, 0.1) is 20.8 Å². The molecule has 0 aliphatic heterocycles. The smallest absolute Gasteiger partial charge is 0.252 e. The number of pyridine rings is 1. The van der Waals surface area contributed by atoms with Crippen molar-refractivity contribution in [2.75, 3.05) is 5.32 Å². The van der Waals surface area contributed by atoms with Crippen LogP contribution in [-0.2, 0) is 11.3 Å². The van der Waals surface area contributed by atoms with E-state index in [2.05, 4.69) is 10.4 Å². The van der Waals surface area contributed by atoms with Gasteiger partial charge in [0.15, 0.2) is 0 Å². The highest BCUT2D eigenvalue weighted by Gasteiger charge is 2.17. The van der Waals surface area contributed by atoms with Gasteiger partial charge < -0.3 is 5.32 Å². The third-order valence-electron chi connectivity index (χ3n) is 5.16. The Balaban J connectivity index is 1.70. The minimum absolute atomic E-state index is 0.135. The van der Waals surface area contributed by atoms with E-state index in [-0.39, 0.29) is 24.4 Å². The molecule has 4 aromatic rings. The number of aromatic nitrogens is 3. The zero-order valence-electron chi connectivity index (χ0n) is 17.3. The molecule has 0 aliphatic rings. The Hall–Kier alpha value is -3.67. The van der Waals surface area contributed by atoms with Crippen LogP contribution in [0.15, 0.2) is 65.5 Å². The molecule has 0 fully saturated rings. The average Bonchev–Trinajstić information content (AvgIpc) is 3.06. The lowest BCUT2D eigenvalue weighted by Crippen LogP contribution is -2.25. The number of aryl methyl sites for hydroxylation is 4. The Morgan fingerprint density at radius 2 is 1.77 bits per heavy atom. The van der Waals surface area contributed by atoms with Gasteiger partial charge in [0.2, 0.25) is 5.91 Å². The molecule has 1 amide bonds. The van der Waals surface area contributed by atoms with E-state index in [9.17, 15) is 9.59 Å². The maximum absolute atomic E-state index is 12.9. The van der Waals surface area contributed by atoms with Crippen molar-refractivity contribution in [1.82, 2.24) is 14.3 Å². The molecule has 0 radical (unpaired) electrons. The van der Waals surface area contributed by atoms with Crippen molar-refractivity contribution >= 4 is 22.6 Å². The number of carbonyl (C=O) groups is 1. The molecule has 4 rings (SSSR count). The first-order chi connectivity index (χ1) is 14.4. The standard InChI is InChI=1S/C24H24N4O2/c1-16-8-7-9-19(14-16)25-21(29)12-13-27-22(30)15-17(2)23-18(3)26-28(24(23)27)20-10-5-4-6-11-20/h4-11,14-15H,12-13H2,1-3H3,(H,25,29). The van der Waals surface area contributed by atoms with Gasteiger partial charge in [-0.2, -0.15) is 5.10 Å². The quantitative estimate of drug-likeness (QED) is 0.547. The number of carbonyl (C=O) groups excluding carboxylic acids is 1. The number of hydrogen-bond acceptors (Lipinski definition) is 3. The van der Waals surface area contributed by atoms with Crippen LogP contribution in [0.2, 0.25) is 0 Å². The second kappa shape index (κ2) is 7.99. The predicted molar refractivity (Wildman–Crippen MR) is 119 cm³/mol. The average molecular weight is 400 g/mol. The van der Waals surface area contributed by atoms with Crippen molar-refractivity contribution < 1.29 is 4.79 Å². The van der Waals surface area contributed by atoms with E-state index in [0.29, 0.717) is 5.65 Å². The Bertz CT molecular complexity index is 1290. The van der Waals surface area contributed by atoms with Crippen LogP contribution in [0.1, 0.15) is 23.2 Å². The molecule has 6 nitrogen and oxygen atoms in total. The molecule has 2 aromatic heterocycles. The van der Waals surface area contributed by atoms with Crippen LogP contribution in [0.25, 0.3) is 16.7 Å². The van der Waals surface area contributed by atoms with Crippen LogP contribution >= 0.6 is 0 Å². The van der Waals surface area contributed by atoms with E-state index >= 15 is 0 Å². The molecule has 0 saturated heterocycles. The molecule has 2 heterocycles. The molecule has 152 valence electrons. The van der Waals surface area contributed by atoms with Gasteiger partial charge in [-0.15, -0.1) is 0 Å². The lowest BCUT2D eigenvalue weighted by atomic mass is 10.1. The number of benzene rings is 2. The summed E-state index contributed by atoms with van der Waals surface area (Å²) >= 11 is 0. The molecule has 0 bridgehead atoms. The van der Waals surface area contributed by atoms with Crippen molar-refractivity contribution in [3.63, 3.8) is 0 Å². The summed E-state index contributed by atoms with van der Waals surface area (Å²) in [7, 11) is 0. The number of fused-ring (bicyclic) bond motifs is 1. The van der Waals surface area contributed by atoms with Crippen LogP contribution in [-0.4, -0.2) is 20.3 Å². The van der Waals surface area contributed by atoms with Crippen LogP contribution < -0.4 is 10.9 Å². The highest BCUT2D eigenvalue weighted by Crippen LogP contribution is 2.24. The molecule has 30 heavy (non-hydrogen) atoms. The predicted octanol–water partition coefficient (Wildman–Crippen LogP) is 4.14. The van der Waals surface area contributed by atoms with Crippen LogP contribution in [0.4, 0.5) is 5.69 Å². The van der Waals surface area contributed by atoms with Crippen molar-refractivity contribution in [2.24, 2.45) is 0 Å². The van der Waals surface area contributed by atoms with Gasteiger partial charge in [-0.25, -0.2) is 4.68 Å². The molecule has 2 aromatic carbocycles. The van der Waals surface area contributed by atoms with E-state index in [1.54, 1.807) is 15.3 Å². The molecular formula is C24H24N4O2. The van der Waals surface area contributed by atoms with E-state index in [4.69, 9.17) is 0 Å². The Morgan fingerprint density at radius 3 is 2.50 bits per heavy atom. The number of para-hydroxylation sites is 1. The normalized spacial score (nSPS) is 11.0. The summed E-state index contributed by atoms with van der Waals surface area (Å²) in [6, 6.07) is 19.0. The second-order valence-corrected chi connectivity index (χ2v) is 7.52. The molecule has 0 spiro atoms. The van der Waals surface area contributed by atoms with E-state index in [1.807, 2.05) is 75.4 Å². The third-order valence-corrected chi connectivity index (χ3v) is 5.16. The maximum atomic E-state index is 12.9. The number of anilines is 1. The first-order valence-electron chi connectivity index (χ1n) is 9.96. The minimum atomic E-state index is -0.138. The third kappa shape index (κ3) is 3.76. The van der Waals surface area contributed by atoms with Gasteiger partial charge in [0.25, 0.3) is 5.56 Å². The monoisotopic (exact) mass is 400 g/mol. The Kier molecular flexibility index (Phi) is 5.23. The largest absolute Gasteiger partial charge is 0.326 e. The molecular weight excluding hydrogens is 376 g/mol. The first kappa shape index (κ1) is 19.6. The summed E-state index contributed by atoms with van der Waals surface area (Å²) < 4.78 is 3.43. The summed E-state index contributed by atoms with van der Waals surface area (Å²) in [6.45, 7) is 6.10. The van der Waals surface area contributed by atoms with Crippen LogP contribution in [0.3, 0.4) is 0 Å². The fourth-order valence-corrected chi connectivity index (χ4v) is 3.79. The van der Waals surface area contributed by atoms with Gasteiger partial charge in [0, 0.05) is 30.1 Å². The number of nitrogens with zero attached hydrogens (tertiary/aromatic N) is 3. The zero-order valence-corrected chi connectivity index (χ0v) is 17.3. The number of hydrogen-bond donors (Lipinski definition) is 1. The van der Waals surface area contributed by atoms with Gasteiger partial charge in [-0.3, -0.25) is 14.2 Å². The van der Waals surface area contributed by atoms with E-state index in [1.165, 1.54) is 0 Å². The maximum Gasteiger partial charge on any atom is 0.252 e. The molecule has 0 unspecified atom stereocenters. The number of amides is 1. The highest BCUT2D eigenvalue weighted by atomic mass is 16.1. The second-order valence-electron chi connectivity index (χ2n) is 7.52. The van der Waals surface area contributed by atoms with Gasteiger partial charge >= 0.3 is 0 Å². The summed E-state index contributed by atoms with van der Waals surface area (Å²) in [5.41, 5.74) is 5.02. The molecule has 0 atom stereocenters. The fraction of sp³-hybridized carbons (Fsp3) is 0.208. The molecule has 1 N–H and O–H groups in total. The van der Waals surface area contributed by atoms with Crippen molar-refractivity contribution in [1.29, 1.82) is 0 Å². The minimum Gasteiger partial charge on any atom is -0.326 e. The number of nitrogens with one attached hydrogen (secondary N) is 1. The highest BCUT2D eigenvalue weighted by molar-refractivity contribution is 5.91. The Morgan fingerprint density at radius 1 is 1.00 bits per heavy atom. The Labute approximate surface area is 174 Å². The summed E-state index contributed by atoms with van der Waals surface area (Å²) in [6.07, 6.45) is 0.186. The van der Waals surface area contributed by atoms with Gasteiger partial charge in [0.05, 0.1) is 11.4 Å². The SMILES string of the molecule is Cc1cccc(NC(=O)CCn2c(=O)cc(C)c3c(C)nn(-c4ccccc4)c32)c1. The van der Waals surface area contributed by atoms with Gasteiger partial charge in [0.1, 0.15) is 5.65 Å². The summed E-state index contributed by atoms with van der Waals surface area (Å²) in [4.78, 5) is 25.4. The topological polar surface area (TPSA) is 68.9 Å². The lowest BCUT2D eigenvalue weighted by molar-refractivity contribution is -0.116. The zero-order chi connectivity index (χ0) is 21.3. The molecule has 6 heteroatoms. The van der Waals surface area contributed by atoms with Crippen molar-refractivity contribution in [2.45, 2.75) is 33.7 Å². The fourth-order valence-electron chi connectivity index (χ4n) is 3.79. The summed E-state index contributed by atoms with van der Waals surface area (Å²) in [5, 5.41) is 8.53. The summed E-state index contributed by atoms with van der Waals surface area (Å²) in [5.74, 6) is -0.135. The van der Waals surface area contributed by atoms with Crippen molar-refractivity contribution in [3.8, 4) is 5.69 Å². The van der Waals surface area contributed by atoms with Crippen molar-refractivity contribution in [3.05, 3.63) is 87.8 Å². The molecule has 0 saturated carbocycles. The first-order valence-corrected chi connectivity index (χ1v) is 9.96.